The van der Waals surface area contributed by atoms with Crippen molar-refractivity contribution in [1.29, 1.82) is 0 Å². The summed E-state index contributed by atoms with van der Waals surface area (Å²) in [6.45, 7) is 5.31. The SMILES string of the molecule is CNCCCCCCN1CCC2(CCCCC2)CC1. The molecule has 19 heavy (non-hydrogen) atoms. The fourth-order valence-corrected chi connectivity index (χ4v) is 4.04. The average Bonchev–Trinajstić information content (AvgIpc) is 2.46. The van der Waals surface area contributed by atoms with Crippen LogP contribution >= 0.6 is 0 Å². The van der Waals surface area contributed by atoms with Crippen LogP contribution in [0.2, 0.25) is 0 Å². The minimum absolute atomic E-state index is 0.779. The van der Waals surface area contributed by atoms with Gasteiger partial charge in [-0.3, -0.25) is 0 Å². The predicted octanol–water partition coefficient (Wildman–Crippen LogP) is 3.81. The van der Waals surface area contributed by atoms with E-state index < -0.39 is 0 Å². The molecule has 2 rings (SSSR count). The molecule has 2 nitrogen and oxygen atoms in total. The molecule has 0 aromatic carbocycles. The summed E-state index contributed by atoms with van der Waals surface area (Å²) in [4.78, 5) is 2.73. The minimum atomic E-state index is 0.779. The summed E-state index contributed by atoms with van der Waals surface area (Å²) in [5, 5.41) is 3.23. The van der Waals surface area contributed by atoms with E-state index in [1.165, 1.54) is 96.8 Å². The van der Waals surface area contributed by atoms with E-state index in [4.69, 9.17) is 0 Å². The number of nitrogens with one attached hydrogen (secondary N) is 1. The van der Waals surface area contributed by atoms with Gasteiger partial charge in [0, 0.05) is 0 Å². The molecule has 1 heterocycles. The van der Waals surface area contributed by atoms with Crippen LogP contribution in [0.4, 0.5) is 0 Å². The molecule has 1 aliphatic carbocycles. The Morgan fingerprint density at radius 1 is 0.842 bits per heavy atom. The monoisotopic (exact) mass is 266 g/mol. The zero-order valence-corrected chi connectivity index (χ0v) is 13.1. The van der Waals surface area contributed by atoms with Crippen LogP contribution in [-0.2, 0) is 0 Å². The first-order valence-electron chi connectivity index (χ1n) is 8.72. The maximum Gasteiger partial charge on any atom is -0.00134 e. The van der Waals surface area contributed by atoms with Crippen molar-refractivity contribution >= 4 is 0 Å². The number of hydrogen-bond acceptors (Lipinski definition) is 2. The molecule has 0 aromatic heterocycles. The van der Waals surface area contributed by atoms with Crippen molar-refractivity contribution in [2.75, 3.05) is 33.2 Å². The Kier molecular flexibility index (Phi) is 6.66. The topological polar surface area (TPSA) is 15.3 Å². The van der Waals surface area contributed by atoms with E-state index >= 15 is 0 Å². The lowest BCUT2D eigenvalue weighted by atomic mass is 9.68. The van der Waals surface area contributed by atoms with E-state index in [1.807, 2.05) is 0 Å². The van der Waals surface area contributed by atoms with Crippen molar-refractivity contribution in [3.05, 3.63) is 0 Å². The summed E-state index contributed by atoms with van der Waals surface area (Å²) in [7, 11) is 2.05. The Morgan fingerprint density at radius 3 is 2.21 bits per heavy atom. The van der Waals surface area contributed by atoms with Gasteiger partial charge < -0.3 is 10.2 Å². The van der Waals surface area contributed by atoms with Gasteiger partial charge in [0.05, 0.1) is 0 Å². The van der Waals surface area contributed by atoms with E-state index in [-0.39, 0.29) is 0 Å². The van der Waals surface area contributed by atoms with Crippen LogP contribution in [0, 0.1) is 5.41 Å². The first-order valence-corrected chi connectivity index (χ1v) is 8.72. The zero-order valence-electron chi connectivity index (χ0n) is 13.1. The summed E-state index contributed by atoms with van der Waals surface area (Å²) in [6, 6.07) is 0. The highest BCUT2D eigenvalue weighted by atomic mass is 15.1. The van der Waals surface area contributed by atoms with Crippen molar-refractivity contribution in [2.45, 2.75) is 70.6 Å². The number of rotatable bonds is 7. The highest BCUT2D eigenvalue weighted by Gasteiger charge is 2.35. The van der Waals surface area contributed by atoms with E-state index in [1.54, 1.807) is 0 Å². The summed E-state index contributed by atoms with van der Waals surface area (Å²) < 4.78 is 0. The maximum atomic E-state index is 3.23. The maximum absolute atomic E-state index is 3.23. The molecule has 0 bridgehead atoms. The molecule has 1 aliphatic heterocycles. The third kappa shape index (κ3) is 5.07. The summed E-state index contributed by atoms with van der Waals surface area (Å²) in [5.41, 5.74) is 0.779. The van der Waals surface area contributed by atoms with Gasteiger partial charge in [-0.1, -0.05) is 32.1 Å². The second-order valence-electron chi connectivity index (χ2n) is 6.92. The van der Waals surface area contributed by atoms with Gasteiger partial charge in [-0.2, -0.15) is 0 Å². The Hall–Kier alpha value is -0.0800. The third-order valence-electron chi connectivity index (χ3n) is 5.48. The molecule has 0 unspecified atom stereocenters. The number of piperidine rings is 1. The molecular weight excluding hydrogens is 232 g/mol. The first-order chi connectivity index (χ1) is 9.35. The van der Waals surface area contributed by atoms with Crippen LogP contribution in [0.5, 0.6) is 0 Å². The molecule has 1 saturated heterocycles. The second-order valence-corrected chi connectivity index (χ2v) is 6.92. The van der Waals surface area contributed by atoms with Gasteiger partial charge in [-0.05, 0) is 77.2 Å². The smallest absolute Gasteiger partial charge is 0.00134 e. The zero-order chi connectivity index (χ0) is 13.4. The van der Waals surface area contributed by atoms with Gasteiger partial charge in [0.2, 0.25) is 0 Å². The molecule has 0 radical (unpaired) electrons. The normalized spacial score (nSPS) is 23.8. The molecule has 112 valence electrons. The number of unbranched alkanes of at least 4 members (excludes halogenated alkanes) is 3. The van der Waals surface area contributed by atoms with Crippen LogP contribution < -0.4 is 5.32 Å². The largest absolute Gasteiger partial charge is 0.320 e. The Labute approximate surface area is 120 Å². The lowest BCUT2D eigenvalue weighted by molar-refractivity contribution is 0.0670. The van der Waals surface area contributed by atoms with Gasteiger partial charge >= 0.3 is 0 Å². The molecule has 0 atom stereocenters. The molecule has 0 aromatic rings. The number of hydrogen-bond donors (Lipinski definition) is 1. The van der Waals surface area contributed by atoms with E-state index in [9.17, 15) is 0 Å². The molecule has 1 N–H and O–H groups in total. The molecule has 2 heteroatoms. The van der Waals surface area contributed by atoms with Crippen molar-refractivity contribution < 1.29 is 0 Å². The molecule has 0 amide bonds. The lowest BCUT2D eigenvalue weighted by Gasteiger charge is -2.44. The van der Waals surface area contributed by atoms with Crippen LogP contribution in [-0.4, -0.2) is 38.1 Å². The second kappa shape index (κ2) is 8.26. The van der Waals surface area contributed by atoms with Crippen molar-refractivity contribution in [2.24, 2.45) is 5.41 Å². The standard InChI is InChI=1S/C17H34N2/c1-18-13-7-2-3-8-14-19-15-11-17(12-16-19)9-5-4-6-10-17/h18H,2-16H2,1H3. The van der Waals surface area contributed by atoms with Crippen LogP contribution in [0.15, 0.2) is 0 Å². The fraction of sp³-hybridized carbons (Fsp3) is 1.00. The van der Waals surface area contributed by atoms with E-state index in [0.29, 0.717) is 0 Å². The van der Waals surface area contributed by atoms with E-state index in [2.05, 4.69) is 17.3 Å². The van der Waals surface area contributed by atoms with Crippen LogP contribution in [0.25, 0.3) is 0 Å². The van der Waals surface area contributed by atoms with Gasteiger partial charge in [0.15, 0.2) is 0 Å². The Balaban J connectivity index is 1.53. The van der Waals surface area contributed by atoms with Gasteiger partial charge in [0.1, 0.15) is 0 Å². The number of likely N-dealkylation sites (tertiary alicyclic amines) is 1. The predicted molar refractivity (Wildman–Crippen MR) is 83.6 cm³/mol. The average molecular weight is 266 g/mol. The molecule has 1 spiro atoms. The minimum Gasteiger partial charge on any atom is -0.320 e. The fourth-order valence-electron chi connectivity index (χ4n) is 4.04. The molecule has 2 aliphatic rings. The molecule has 2 fully saturated rings. The van der Waals surface area contributed by atoms with Gasteiger partial charge in [0.25, 0.3) is 0 Å². The van der Waals surface area contributed by atoms with Crippen molar-refractivity contribution in [3.8, 4) is 0 Å². The summed E-state index contributed by atoms with van der Waals surface area (Å²) in [6.07, 6.45) is 16.1. The Bertz CT molecular complexity index is 223. The molecule has 1 saturated carbocycles. The van der Waals surface area contributed by atoms with Crippen molar-refractivity contribution in [1.82, 2.24) is 10.2 Å². The summed E-state index contributed by atoms with van der Waals surface area (Å²) >= 11 is 0. The van der Waals surface area contributed by atoms with Crippen LogP contribution in [0.1, 0.15) is 70.6 Å². The van der Waals surface area contributed by atoms with E-state index in [0.717, 1.165) is 5.41 Å². The summed E-state index contributed by atoms with van der Waals surface area (Å²) in [5.74, 6) is 0. The van der Waals surface area contributed by atoms with Crippen molar-refractivity contribution in [3.63, 3.8) is 0 Å². The van der Waals surface area contributed by atoms with Gasteiger partial charge in [-0.25, -0.2) is 0 Å². The molecular formula is C17H34N2. The lowest BCUT2D eigenvalue weighted by Crippen LogP contribution is -2.41. The van der Waals surface area contributed by atoms with Gasteiger partial charge in [-0.15, -0.1) is 0 Å². The Morgan fingerprint density at radius 2 is 1.53 bits per heavy atom. The number of nitrogens with zero attached hydrogens (tertiary/aromatic N) is 1. The quantitative estimate of drug-likeness (QED) is 0.705. The van der Waals surface area contributed by atoms with Crippen LogP contribution in [0.3, 0.4) is 0 Å². The third-order valence-corrected chi connectivity index (χ3v) is 5.48. The first kappa shape index (κ1) is 15.3. The highest BCUT2D eigenvalue weighted by Crippen LogP contribution is 2.44. The highest BCUT2D eigenvalue weighted by molar-refractivity contribution is 4.88.